The van der Waals surface area contributed by atoms with Crippen molar-refractivity contribution >= 4 is 52.2 Å². The van der Waals surface area contributed by atoms with Crippen LogP contribution in [0.2, 0.25) is 10.0 Å². The number of hydrogen-bond acceptors (Lipinski definition) is 7. The molecule has 0 bridgehead atoms. The van der Waals surface area contributed by atoms with Gasteiger partial charge >= 0.3 is 12.3 Å². The molecule has 0 aliphatic carbocycles. The van der Waals surface area contributed by atoms with Crippen molar-refractivity contribution in [1.82, 2.24) is 24.8 Å². The summed E-state index contributed by atoms with van der Waals surface area (Å²) in [4.78, 5) is 24.5. The van der Waals surface area contributed by atoms with Crippen LogP contribution in [0.3, 0.4) is 0 Å². The van der Waals surface area contributed by atoms with Gasteiger partial charge in [-0.1, -0.05) is 23.2 Å². The SMILES string of the molecule is CNc1nc(N)c2ncn(CCCCOC(=O)NCc3c(Cl)ccc(C(F)(F)F)c3Cl)c2n1. The van der Waals surface area contributed by atoms with Crippen LogP contribution in [-0.4, -0.2) is 39.3 Å². The van der Waals surface area contributed by atoms with E-state index in [4.69, 9.17) is 33.7 Å². The first-order valence-corrected chi connectivity index (χ1v) is 10.5. The van der Waals surface area contributed by atoms with E-state index in [2.05, 4.69) is 25.6 Å². The number of carbonyl (C=O) groups excluding carboxylic acids is 1. The number of nitrogen functional groups attached to an aromatic ring is 1. The number of nitrogens with zero attached hydrogens (tertiary/aromatic N) is 4. The number of carbonyl (C=O) groups is 1. The second kappa shape index (κ2) is 10.3. The molecule has 3 aromatic rings. The number of benzene rings is 1. The molecule has 33 heavy (non-hydrogen) atoms. The Hall–Kier alpha value is -2.99. The summed E-state index contributed by atoms with van der Waals surface area (Å²) in [6, 6.07) is 1.87. The molecule has 178 valence electrons. The smallest absolute Gasteiger partial charge is 0.417 e. The van der Waals surface area contributed by atoms with Crippen molar-refractivity contribution in [1.29, 1.82) is 0 Å². The molecule has 0 aliphatic heterocycles. The third-order valence-corrected chi connectivity index (χ3v) is 5.43. The molecule has 1 aromatic carbocycles. The summed E-state index contributed by atoms with van der Waals surface area (Å²) in [6.45, 7) is 0.342. The molecule has 9 nitrogen and oxygen atoms in total. The molecular weight excluding hydrogens is 486 g/mol. The highest BCUT2D eigenvalue weighted by Gasteiger charge is 2.34. The Balaban J connectivity index is 1.47. The number of aryl methyl sites for hydroxylation is 1. The molecule has 0 unspecified atom stereocenters. The van der Waals surface area contributed by atoms with Gasteiger partial charge in [0.25, 0.3) is 0 Å². The number of alkyl carbamates (subject to hydrolysis) is 1. The van der Waals surface area contributed by atoms with Gasteiger partial charge in [-0.25, -0.2) is 9.78 Å². The summed E-state index contributed by atoms with van der Waals surface area (Å²) < 4.78 is 45.8. The van der Waals surface area contributed by atoms with Crippen LogP contribution in [0.15, 0.2) is 18.5 Å². The lowest BCUT2D eigenvalue weighted by Crippen LogP contribution is -2.25. The maximum atomic E-state index is 13.0. The second-order valence-electron chi connectivity index (χ2n) is 6.87. The molecule has 0 fully saturated rings. The predicted molar refractivity (Wildman–Crippen MR) is 118 cm³/mol. The maximum absolute atomic E-state index is 13.0. The molecule has 0 saturated heterocycles. The van der Waals surface area contributed by atoms with Crippen LogP contribution in [-0.2, 0) is 24.0 Å². The van der Waals surface area contributed by atoms with E-state index >= 15 is 0 Å². The summed E-state index contributed by atoms with van der Waals surface area (Å²) in [5, 5.41) is 4.63. The Bertz CT molecular complexity index is 1150. The van der Waals surface area contributed by atoms with Crippen LogP contribution in [0.4, 0.5) is 29.7 Å². The standard InChI is InChI=1S/C19H20Cl2F3N7O2/c1-26-17-29-15(25)14-16(30-17)31(9-28-14)6-2-3-7-33-18(32)27-8-10-12(20)5-4-11(13(10)21)19(22,23)24/h4-5,9H,2-3,6-8H2,1H3,(H,27,32)(H3,25,26,29,30). The topological polar surface area (TPSA) is 120 Å². The minimum atomic E-state index is -4.64. The van der Waals surface area contributed by atoms with Crippen LogP contribution in [0, 0.1) is 0 Å². The number of anilines is 2. The van der Waals surface area contributed by atoms with Crippen LogP contribution in [0.5, 0.6) is 0 Å². The fourth-order valence-electron chi connectivity index (χ4n) is 2.98. The zero-order valence-electron chi connectivity index (χ0n) is 17.3. The van der Waals surface area contributed by atoms with E-state index in [1.54, 1.807) is 13.4 Å². The highest BCUT2D eigenvalue weighted by Crippen LogP contribution is 2.38. The molecule has 0 atom stereocenters. The largest absolute Gasteiger partial charge is 0.450 e. The maximum Gasteiger partial charge on any atom is 0.417 e. The Labute approximate surface area is 196 Å². The van der Waals surface area contributed by atoms with E-state index < -0.39 is 22.9 Å². The summed E-state index contributed by atoms with van der Waals surface area (Å²) in [7, 11) is 1.68. The van der Waals surface area contributed by atoms with E-state index in [0.29, 0.717) is 36.5 Å². The number of nitrogens with one attached hydrogen (secondary N) is 2. The van der Waals surface area contributed by atoms with E-state index in [9.17, 15) is 18.0 Å². The Morgan fingerprint density at radius 1 is 1.24 bits per heavy atom. The lowest BCUT2D eigenvalue weighted by atomic mass is 10.1. The van der Waals surface area contributed by atoms with Gasteiger partial charge in [0.15, 0.2) is 11.5 Å². The van der Waals surface area contributed by atoms with Crippen LogP contribution in [0.25, 0.3) is 11.2 Å². The minimum absolute atomic E-state index is 0.00624. The number of nitrogens with two attached hydrogens (primary N) is 1. The van der Waals surface area contributed by atoms with Gasteiger partial charge in [0.2, 0.25) is 5.95 Å². The lowest BCUT2D eigenvalue weighted by Gasteiger charge is -2.14. The van der Waals surface area contributed by atoms with Crippen molar-refractivity contribution < 1.29 is 22.7 Å². The van der Waals surface area contributed by atoms with Gasteiger partial charge in [-0.2, -0.15) is 23.1 Å². The molecular formula is C19H20Cl2F3N7O2. The second-order valence-corrected chi connectivity index (χ2v) is 7.66. The molecule has 0 spiro atoms. The fraction of sp³-hybridized carbons (Fsp3) is 0.368. The average Bonchev–Trinajstić information content (AvgIpc) is 3.15. The predicted octanol–water partition coefficient (Wildman–Crippen LogP) is 4.48. The van der Waals surface area contributed by atoms with Crippen LogP contribution >= 0.6 is 23.2 Å². The van der Waals surface area contributed by atoms with Crippen molar-refractivity contribution in [3.63, 3.8) is 0 Å². The van der Waals surface area contributed by atoms with E-state index in [0.717, 1.165) is 12.1 Å². The zero-order valence-corrected chi connectivity index (χ0v) is 18.9. The molecule has 14 heteroatoms. The Morgan fingerprint density at radius 2 is 2.00 bits per heavy atom. The number of fused-ring (bicyclic) bond motifs is 1. The number of halogens is 5. The molecule has 4 N–H and O–H groups in total. The number of rotatable bonds is 8. The first-order chi connectivity index (χ1) is 15.6. The molecule has 0 radical (unpaired) electrons. The van der Waals surface area contributed by atoms with Crippen molar-refractivity contribution in [3.8, 4) is 0 Å². The average molecular weight is 506 g/mol. The highest BCUT2D eigenvalue weighted by atomic mass is 35.5. The number of hydrogen-bond donors (Lipinski definition) is 3. The third-order valence-electron chi connectivity index (χ3n) is 4.64. The van der Waals surface area contributed by atoms with Crippen molar-refractivity contribution in [2.24, 2.45) is 0 Å². The minimum Gasteiger partial charge on any atom is -0.450 e. The lowest BCUT2D eigenvalue weighted by molar-refractivity contribution is -0.137. The summed E-state index contributed by atoms with van der Waals surface area (Å²) in [6.07, 6.45) is -2.66. The quantitative estimate of drug-likeness (QED) is 0.386. The number of aromatic nitrogens is 4. The molecule has 3 rings (SSSR count). The first-order valence-electron chi connectivity index (χ1n) is 9.72. The summed E-state index contributed by atoms with van der Waals surface area (Å²) in [5.41, 5.74) is 5.88. The Morgan fingerprint density at radius 3 is 2.70 bits per heavy atom. The highest BCUT2D eigenvalue weighted by molar-refractivity contribution is 6.36. The van der Waals surface area contributed by atoms with Gasteiger partial charge in [0, 0.05) is 30.7 Å². The number of unbranched alkanes of at least 4 members (excludes halogenated alkanes) is 1. The fourth-order valence-corrected chi connectivity index (χ4v) is 3.59. The normalized spacial score (nSPS) is 11.6. The van der Waals surface area contributed by atoms with Crippen LogP contribution in [0.1, 0.15) is 24.0 Å². The molecule has 0 aliphatic rings. The number of ether oxygens (including phenoxy) is 1. The van der Waals surface area contributed by atoms with Crippen molar-refractivity contribution in [2.75, 3.05) is 24.7 Å². The molecule has 2 aromatic heterocycles. The molecule has 0 saturated carbocycles. The first kappa shape index (κ1) is 24.6. The molecule has 2 heterocycles. The van der Waals surface area contributed by atoms with E-state index in [-0.39, 0.29) is 29.6 Å². The van der Waals surface area contributed by atoms with E-state index in [1.165, 1.54) is 0 Å². The van der Waals surface area contributed by atoms with Gasteiger partial charge in [0.05, 0.1) is 23.5 Å². The van der Waals surface area contributed by atoms with Crippen molar-refractivity contribution in [2.45, 2.75) is 32.1 Å². The Kier molecular flexibility index (Phi) is 7.69. The van der Waals surface area contributed by atoms with Gasteiger partial charge in [0.1, 0.15) is 5.52 Å². The van der Waals surface area contributed by atoms with Crippen molar-refractivity contribution in [3.05, 3.63) is 39.6 Å². The van der Waals surface area contributed by atoms with Gasteiger partial charge in [-0.15, -0.1) is 0 Å². The van der Waals surface area contributed by atoms with E-state index in [1.807, 2.05) is 4.57 Å². The summed E-state index contributed by atoms with van der Waals surface area (Å²) in [5.74, 6) is 0.645. The molecule has 1 amide bonds. The number of alkyl halides is 3. The monoisotopic (exact) mass is 505 g/mol. The number of imidazole rings is 1. The zero-order chi connectivity index (χ0) is 24.2. The third kappa shape index (κ3) is 5.88. The van der Waals surface area contributed by atoms with Crippen LogP contribution < -0.4 is 16.4 Å². The van der Waals surface area contributed by atoms with Gasteiger partial charge < -0.3 is 25.7 Å². The van der Waals surface area contributed by atoms with Gasteiger partial charge in [-0.3, -0.25) is 0 Å². The van der Waals surface area contributed by atoms with Gasteiger partial charge in [-0.05, 0) is 25.0 Å². The summed E-state index contributed by atoms with van der Waals surface area (Å²) >= 11 is 11.7. The number of amides is 1.